The molecule has 1 unspecified atom stereocenters. The average molecular weight is 355 g/mol. The predicted octanol–water partition coefficient (Wildman–Crippen LogP) is 3.29. The fourth-order valence-electron chi connectivity index (χ4n) is 2.21. The Morgan fingerprint density at radius 1 is 1.29 bits per heavy atom. The predicted molar refractivity (Wildman–Crippen MR) is 82.0 cm³/mol. The van der Waals surface area contributed by atoms with Crippen molar-refractivity contribution in [3.63, 3.8) is 0 Å². The summed E-state index contributed by atoms with van der Waals surface area (Å²) in [5.74, 6) is 0.569. The van der Waals surface area contributed by atoms with Crippen molar-refractivity contribution < 1.29 is 22.1 Å². The number of halogens is 3. The molecule has 5 nitrogen and oxygen atoms in total. The Labute approximate surface area is 137 Å². The molecule has 0 aliphatic carbocycles. The maximum absolute atomic E-state index is 13.0. The highest BCUT2D eigenvalue weighted by Gasteiger charge is 2.34. The number of hydrogen-bond donors (Lipinski definition) is 1. The Hall–Kier alpha value is -2.42. The van der Waals surface area contributed by atoms with Gasteiger partial charge in [-0.25, -0.2) is 4.98 Å². The van der Waals surface area contributed by atoms with Crippen molar-refractivity contribution in [2.24, 2.45) is 0 Å². The molecule has 2 heterocycles. The number of para-hydroxylation sites is 1. The molecule has 0 amide bonds. The SMILES string of the molecule is COc1ccnc(CS(=O)c2nc3c(C(F)(F)F)cccc3[nH]2)c1. The lowest BCUT2D eigenvalue weighted by Crippen LogP contribution is -2.05. The third-order valence-corrected chi connectivity index (χ3v) is 4.50. The van der Waals surface area contributed by atoms with Gasteiger partial charge in [0.1, 0.15) is 11.3 Å². The van der Waals surface area contributed by atoms with Crippen LogP contribution in [-0.2, 0) is 22.7 Å². The minimum absolute atomic E-state index is 0.0123. The Morgan fingerprint density at radius 2 is 2.08 bits per heavy atom. The zero-order valence-electron chi connectivity index (χ0n) is 12.4. The first-order valence-corrected chi connectivity index (χ1v) is 8.13. The maximum atomic E-state index is 13.0. The van der Waals surface area contributed by atoms with Crippen LogP contribution in [0.15, 0.2) is 41.7 Å². The Bertz CT molecular complexity index is 908. The number of benzene rings is 1. The van der Waals surface area contributed by atoms with Crippen molar-refractivity contribution in [2.75, 3.05) is 7.11 Å². The summed E-state index contributed by atoms with van der Waals surface area (Å²) < 4.78 is 56.5. The Balaban J connectivity index is 1.93. The summed E-state index contributed by atoms with van der Waals surface area (Å²) in [5.41, 5.74) is -0.429. The standard InChI is InChI=1S/C15H12F3N3O2S/c1-23-10-5-6-19-9(7-10)8-24(22)14-20-12-4-2-3-11(13(12)21-14)15(16,17)18/h2-7H,8H2,1H3,(H,20,21). The molecule has 1 atom stereocenters. The number of hydrogen-bond acceptors (Lipinski definition) is 4. The van der Waals surface area contributed by atoms with E-state index >= 15 is 0 Å². The van der Waals surface area contributed by atoms with Crippen LogP contribution in [0.4, 0.5) is 13.2 Å². The van der Waals surface area contributed by atoms with Gasteiger partial charge in [0.05, 0.1) is 40.4 Å². The second-order valence-corrected chi connectivity index (χ2v) is 6.28. The highest BCUT2D eigenvalue weighted by atomic mass is 32.2. The number of methoxy groups -OCH3 is 1. The molecule has 2 aromatic heterocycles. The second-order valence-electron chi connectivity index (χ2n) is 4.92. The molecule has 0 saturated carbocycles. The number of nitrogens with zero attached hydrogens (tertiary/aromatic N) is 2. The van der Waals surface area contributed by atoms with E-state index in [4.69, 9.17) is 4.74 Å². The third-order valence-electron chi connectivity index (χ3n) is 3.31. The average Bonchev–Trinajstić information content (AvgIpc) is 2.98. The number of pyridine rings is 1. The van der Waals surface area contributed by atoms with Gasteiger partial charge in [-0.2, -0.15) is 13.2 Å². The number of aromatic nitrogens is 3. The Kier molecular flexibility index (Phi) is 4.27. The molecule has 126 valence electrons. The van der Waals surface area contributed by atoms with Crippen LogP contribution in [0.3, 0.4) is 0 Å². The fourth-order valence-corrected chi connectivity index (χ4v) is 3.19. The Morgan fingerprint density at radius 3 is 2.79 bits per heavy atom. The van der Waals surface area contributed by atoms with Gasteiger partial charge >= 0.3 is 6.18 Å². The van der Waals surface area contributed by atoms with E-state index in [1.54, 1.807) is 12.1 Å². The van der Waals surface area contributed by atoms with E-state index < -0.39 is 22.5 Å². The van der Waals surface area contributed by atoms with Crippen molar-refractivity contribution in [3.05, 3.63) is 47.8 Å². The summed E-state index contributed by atoms with van der Waals surface area (Å²) in [4.78, 5) is 10.6. The number of nitrogens with one attached hydrogen (secondary N) is 1. The number of ether oxygens (including phenoxy) is 1. The van der Waals surface area contributed by atoms with E-state index in [-0.39, 0.29) is 21.9 Å². The van der Waals surface area contributed by atoms with E-state index in [1.165, 1.54) is 25.4 Å². The molecule has 1 aromatic carbocycles. The zero-order valence-corrected chi connectivity index (χ0v) is 13.2. The van der Waals surface area contributed by atoms with Gasteiger partial charge in [-0.3, -0.25) is 9.19 Å². The first kappa shape index (κ1) is 16.4. The lowest BCUT2D eigenvalue weighted by Gasteiger charge is -2.05. The zero-order chi connectivity index (χ0) is 17.3. The fraction of sp³-hybridized carbons (Fsp3) is 0.200. The van der Waals surface area contributed by atoms with E-state index in [9.17, 15) is 17.4 Å². The van der Waals surface area contributed by atoms with Crippen LogP contribution < -0.4 is 4.74 Å². The van der Waals surface area contributed by atoms with Gasteiger partial charge in [-0.1, -0.05) is 6.07 Å². The molecule has 0 fully saturated rings. The van der Waals surface area contributed by atoms with E-state index in [1.807, 2.05) is 0 Å². The molecular formula is C15H12F3N3O2S. The quantitative estimate of drug-likeness (QED) is 0.780. The molecule has 0 aliphatic heterocycles. The van der Waals surface area contributed by atoms with E-state index in [0.29, 0.717) is 11.4 Å². The molecular weight excluding hydrogens is 343 g/mol. The molecule has 0 spiro atoms. The van der Waals surface area contributed by atoms with Gasteiger partial charge in [-0.05, 0) is 18.2 Å². The summed E-state index contributed by atoms with van der Waals surface area (Å²) in [6.45, 7) is 0. The normalized spacial score (nSPS) is 13.2. The van der Waals surface area contributed by atoms with Gasteiger partial charge in [-0.15, -0.1) is 0 Å². The molecule has 0 saturated heterocycles. The number of aromatic amines is 1. The molecule has 0 bridgehead atoms. The van der Waals surface area contributed by atoms with Gasteiger partial charge in [0, 0.05) is 12.3 Å². The molecule has 0 radical (unpaired) electrons. The molecule has 1 N–H and O–H groups in total. The van der Waals surface area contributed by atoms with Gasteiger partial charge < -0.3 is 9.72 Å². The first-order valence-electron chi connectivity index (χ1n) is 6.81. The van der Waals surface area contributed by atoms with Crippen LogP contribution in [-0.4, -0.2) is 26.3 Å². The van der Waals surface area contributed by atoms with Crippen molar-refractivity contribution in [2.45, 2.75) is 17.1 Å². The van der Waals surface area contributed by atoms with E-state index in [2.05, 4.69) is 15.0 Å². The molecule has 3 aromatic rings. The van der Waals surface area contributed by atoms with Crippen molar-refractivity contribution in [3.8, 4) is 5.75 Å². The summed E-state index contributed by atoms with van der Waals surface area (Å²) in [6.07, 6.45) is -3.02. The summed E-state index contributed by atoms with van der Waals surface area (Å²) in [5, 5.41) is -0.0219. The molecule has 24 heavy (non-hydrogen) atoms. The van der Waals surface area contributed by atoms with Crippen LogP contribution in [0, 0.1) is 0 Å². The maximum Gasteiger partial charge on any atom is 0.418 e. The van der Waals surface area contributed by atoms with Gasteiger partial charge in [0.25, 0.3) is 0 Å². The summed E-state index contributed by atoms with van der Waals surface area (Å²) >= 11 is 0. The number of fused-ring (bicyclic) bond motifs is 1. The van der Waals surface area contributed by atoms with Crippen LogP contribution >= 0.6 is 0 Å². The molecule has 0 aliphatic rings. The highest BCUT2D eigenvalue weighted by Crippen LogP contribution is 2.34. The van der Waals surface area contributed by atoms with Crippen LogP contribution in [0.1, 0.15) is 11.3 Å². The van der Waals surface area contributed by atoms with Crippen LogP contribution in [0.25, 0.3) is 11.0 Å². The van der Waals surface area contributed by atoms with Gasteiger partial charge in [0.15, 0.2) is 5.16 Å². The second kappa shape index (κ2) is 6.23. The smallest absolute Gasteiger partial charge is 0.418 e. The molecule has 3 rings (SSSR count). The third kappa shape index (κ3) is 3.25. The van der Waals surface area contributed by atoms with Gasteiger partial charge in [0.2, 0.25) is 0 Å². The first-order chi connectivity index (χ1) is 11.4. The highest BCUT2D eigenvalue weighted by molar-refractivity contribution is 7.84. The number of imidazole rings is 1. The minimum Gasteiger partial charge on any atom is -0.497 e. The van der Waals surface area contributed by atoms with Crippen molar-refractivity contribution in [1.29, 1.82) is 0 Å². The molecule has 9 heteroatoms. The lowest BCUT2D eigenvalue weighted by molar-refractivity contribution is -0.136. The van der Waals surface area contributed by atoms with Crippen molar-refractivity contribution >= 4 is 21.8 Å². The monoisotopic (exact) mass is 355 g/mol. The van der Waals surface area contributed by atoms with Crippen LogP contribution in [0.5, 0.6) is 5.75 Å². The lowest BCUT2D eigenvalue weighted by atomic mass is 10.2. The topological polar surface area (TPSA) is 67.9 Å². The van der Waals surface area contributed by atoms with Crippen molar-refractivity contribution in [1.82, 2.24) is 15.0 Å². The van der Waals surface area contributed by atoms with E-state index in [0.717, 1.165) is 6.07 Å². The minimum atomic E-state index is -4.53. The number of alkyl halides is 3. The summed E-state index contributed by atoms with van der Waals surface area (Å²) in [7, 11) is -0.170. The number of rotatable bonds is 4. The summed E-state index contributed by atoms with van der Waals surface area (Å²) in [6, 6.07) is 6.94. The largest absolute Gasteiger partial charge is 0.497 e. The number of H-pyrrole nitrogens is 1. The van der Waals surface area contributed by atoms with Crippen LogP contribution in [0.2, 0.25) is 0 Å².